The summed E-state index contributed by atoms with van der Waals surface area (Å²) in [4.78, 5) is 0. The summed E-state index contributed by atoms with van der Waals surface area (Å²) in [5.74, 6) is 0. The smallest absolute Gasteiger partial charge is 0.394 e. The van der Waals surface area contributed by atoms with Gasteiger partial charge >= 0.3 is 6.18 Å². The standard InChI is InChI=1S/C21H20F3NO5/c22-21(23,24)15-5-1-11(2-6-15)7-14-8-12(3-4-13(14)9-25)20-19(29)18(28)17(27)16(10-26)30-20/h1-6,8,16-20,26-29H,7,10H2/t16?,17-,18?,19-,20+/m1/s1. The fraction of sp³-hybridized carbons (Fsp3) is 0.381. The monoisotopic (exact) mass is 423 g/mol. The minimum atomic E-state index is -4.45. The van der Waals surface area contributed by atoms with E-state index in [1.807, 2.05) is 6.07 Å². The van der Waals surface area contributed by atoms with Gasteiger partial charge in [0.15, 0.2) is 0 Å². The summed E-state index contributed by atoms with van der Waals surface area (Å²) < 4.78 is 43.8. The highest BCUT2D eigenvalue weighted by atomic mass is 19.4. The zero-order chi connectivity index (χ0) is 22.1. The minimum absolute atomic E-state index is 0.159. The molecule has 0 amide bonds. The summed E-state index contributed by atoms with van der Waals surface area (Å²) in [6.45, 7) is -0.573. The average molecular weight is 423 g/mol. The first-order valence-electron chi connectivity index (χ1n) is 9.15. The molecule has 0 saturated carbocycles. The maximum absolute atomic E-state index is 12.7. The number of alkyl halides is 3. The number of nitriles is 1. The highest BCUT2D eigenvalue weighted by Crippen LogP contribution is 2.34. The third-order valence-electron chi connectivity index (χ3n) is 5.15. The molecule has 30 heavy (non-hydrogen) atoms. The van der Waals surface area contributed by atoms with Gasteiger partial charge in [0.05, 0.1) is 23.8 Å². The van der Waals surface area contributed by atoms with Crippen molar-refractivity contribution < 1.29 is 38.3 Å². The molecule has 6 nitrogen and oxygen atoms in total. The number of halogens is 3. The van der Waals surface area contributed by atoms with E-state index in [1.165, 1.54) is 24.3 Å². The Morgan fingerprint density at radius 3 is 2.20 bits per heavy atom. The Hall–Kier alpha value is -2.48. The van der Waals surface area contributed by atoms with Crippen LogP contribution < -0.4 is 0 Å². The molecular weight excluding hydrogens is 403 g/mol. The molecule has 5 atom stereocenters. The Bertz CT molecular complexity index is 924. The molecule has 0 spiro atoms. The van der Waals surface area contributed by atoms with Crippen LogP contribution in [0.2, 0.25) is 0 Å². The molecule has 0 aromatic heterocycles. The van der Waals surface area contributed by atoms with E-state index in [1.54, 1.807) is 6.07 Å². The fourth-order valence-corrected chi connectivity index (χ4v) is 3.45. The van der Waals surface area contributed by atoms with Crippen molar-refractivity contribution in [3.05, 3.63) is 70.3 Å². The van der Waals surface area contributed by atoms with Crippen molar-refractivity contribution in [3.8, 4) is 6.07 Å². The second-order valence-corrected chi connectivity index (χ2v) is 7.15. The predicted octanol–water partition coefficient (Wildman–Crippen LogP) is 1.68. The molecule has 3 rings (SSSR count). The van der Waals surface area contributed by atoms with Gasteiger partial charge in [-0.1, -0.05) is 24.3 Å². The third kappa shape index (κ3) is 4.48. The van der Waals surface area contributed by atoms with Crippen LogP contribution >= 0.6 is 0 Å². The van der Waals surface area contributed by atoms with Crippen LogP contribution in [0, 0.1) is 11.3 Å². The van der Waals surface area contributed by atoms with Gasteiger partial charge in [0.2, 0.25) is 0 Å². The van der Waals surface area contributed by atoms with Crippen LogP contribution in [0.15, 0.2) is 42.5 Å². The molecule has 0 radical (unpaired) electrons. The summed E-state index contributed by atoms with van der Waals surface area (Å²) >= 11 is 0. The molecule has 1 fully saturated rings. The number of rotatable bonds is 4. The minimum Gasteiger partial charge on any atom is -0.394 e. The maximum atomic E-state index is 12.7. The topological polar surface area (TPSA) is 114 Å². The Morgan fingerprint density at radius 1 is 0.967 bits per heavy atom. The van der Waals surface area contributed by atoms with E-state index in [0.29, 0.717) is 22.3 Å². The average Bonchev–Trinajstić information content (AvgIpc) is 2.72. The fourth-order valence-electron chi connectivity index (χ4n) is 3.45. The lowest BCUT2D eigenvalue weighted by Gasteiger charge is -2.40. The van der Waals surface area contributed by atoms with Gasteiger partial charge in [0, 0.05) is 0 Å². The molecule has 1 saturated heterocycles. The van der Waals surface area contributed by atoms with Crippen LogP contribution in [-0.2, 0) is 17.3 Å². The normalized spacial score (nSPS) is 26.9. The molecule has 1 heterocycles. The van der Waals surface area contributed by atoms with Gasteiger partial charge in [-0.3, -0.25) is 0 Å². The first-order valence-corrected chi connectivity index (χ1v) is 9.15. The van der Waals surface area contributed by atoms with E-state index in [2.05, 4.69) is 0 Å². The molecule has 0 aliphatic carbocycles. The highest BCUT2D eigenvalue weighted by molar-refractivity contribution is 5.44. The lowest BCUT2D eigenvalue weighted by atomic mass is 9.89. The second-order valence-electron chi connectivity index (χ2n) is 7.15. The number of ether oxygens (including phenoxy) is 1. The zero-order valence-electron chi connectivity index (χ0n) is 15.6. The van der Waals surface area contributed by atoms with Gasteiger partial charge in [-0.05, 0) is 41.3 Å². The third-order valence-corrected chi connectivity index (χ3v) is 5.15. The molecule has 9 heteroatoms. The summed E-state index contributed by atoms with van der Waals surface area (Å²) in [5.41, 5.74) is 0.954. The van der Waals surface area contributed by atoms with E-state index < -0.39 is 48.9 Å². The number of hydrogen-bond acceptors (Lipinski definition) is 6. The van der Waals surface area contributed by atoms with Gasteiger partial charge in [-0.15, -0.1) is 0 Å². The first-order chi connectivity index (χ1) is 14.2. The number of hydrogen-bond donors (Lipinski definition) is 4. The van der Waals surface area contributed by atoms with Crippen LogP contribution in [0.25, 0.3) is 0 Å². The van der Waals surface area contributed by atoms with Crippen LogP contribution in [0.5, 0.6) is 0 Å². The molecule has 1 aliphatic heterocycles. The van der Waals surface area contributed by atoms with Crippen LogP contribution in [-0.4, -0.2) is 51.4 Å². The van der Waals surface area contributed by atoms with Gasteiger partial charge in [-0.2, -0.15) is 18.4 Å². The lowest BCUT2D eigenvalue weighted by molar-refractivity contribution is -0.231. The van der Waals surface area contributed by atoms with E-state index in [-0.39, 0.29) is 6.42 Å². The van der Waals surface area contributed by atoms with Crippen LogP contribution in [0.3, 0.4) is 0 Å². The number of nitrogens with zero attached hydrogens (tertiary/aromatic N) is 1. The lowest BCUT2D eigenvalue weighted by Crippen LogP contribution is -2.55. The first kappa shape index (κ1) is 22.2. The number of aliphatic hydroxyl groups is 4. The van der Waals surface area contributed by atoms with Crippen LogP contribution in [0.1, 0.15) is 33.9 Å². The van der Waals surface area contributed by atoms with E-state index in [0.717, 1.165) is 12.1 Å². The Labute approximate surface area is 170 Å². The van der Waals surface area contributed by atoms with Crippen molar-refractivity contribution >= 4 is 0 Å². The Balaban J connectivity index is 1.90. The quantitative estimate of drug-likeness (QED) is 0.595. The Kier molecular flexibility index (Phi) is 6.45. The van der Waals surface area contributed by atoms with E-state index in [4.69, 9.17) is 4.74 Å². The molecular formula is C21H20F3NO5. The SMILES string of the molecule is N#Cc1ccc([C@@H]2OC(CO)[C@@H](O)C(O)[C@H]2O)cc1Cc1ccc(C(F)(F)F)cc1. The van der Waals surface area contributed by atoms with E-state index in [9.17, 15) is 38.9 Å². The second kappa shape index (κ2) is 8.71. The molecule has 2 aromatic carbocycles. The number of benzene rings is 2. The van der Waals surface area contributed by atoms with Gasteiger partial charge in [0.1, 0.15) is 30.5 Å². The highest BCUT2D eigenvalue weighted by Gasteiger charge is 2.44. The molecule has 160 valence electrons. The van der Waals surface area contributed by atoms with Crippen molar-refractivity contribution in [1.29, 1.82) is 5.26 Å². The predicted molar refractivity (Wildman–Crippen MR) is 98.1 cm³/mol. The summed E-state index contributed by atoms with van der Waals surface area (Å²) in [6, 6.07) is 11.1. The van der Waals surface area contributed by atoms with Gasteiger partial charge in [-0.25, -0.2) is 0 Å². The molecule has 2 aromatic rings. The van der Waals surface area contributed by atoms with Crippen molar-refractivity contribution in [2.45, 2.75) is 43.1 Å². The summed E-state index contributed by atoms with van der Waals surface area (Å²) in [7, 11) is 0. The zero-order valence-corrected chi connectivity index (χ0v) is 15.6. The molecule has 2 unspecified atom stereocenters. The van der Waals surface area contributed by atoms with Crippen LogP contribution in [0.4, 0.5) is 13.2 Å². The molecule has 0 bridgehead atoms. The van der Waals surface area contributed by atoms with Crippen molar-refractivity contribution in [1.82, 2.24) is 0 Å². The van der Waals surface area contributed by atoms with Crippen molar-refractivity contribution in [2.24, 2.45) is 0 Å². The maximum Gasteiger partial charge on any atom is 0.416 e. The summed E-state index contributed by atoms with van der Waals surface area (Å²) in [5, 5.41) is 48.9. The summed E-state index contributed by atoms with van der Waals surface area (Å²) in [6.07, 6.45) is -11.0. The van der Waals surface area contributed by atoms with Crippen molar-refractivity contribution in [3.63, 3.8) is 0 Å². The van der Waals surface area contributed by atoms with Gasteiger partial charge < -0.3 is 25.2 Å². The Morgan fingerprint density at radius 2 is 1.63 bits per heavy atom. The van der Waals surface area contributed by atoms with E-state index >= 15 is 0 Å². The molecule has 1 aliphatic rings. The van der Waals surface area contributed by atoms with Crippen molar-refractivity contribution in [2.75, 3.05) is 6.61 Å². The largest absolute Gasteiger partial charge is 0.416 e. The van der Waals surface area contributed by atoms with Gasteiger partial charge in [0.25, 0.3) is 0 Å². The number of aliphatic hydroxyl groups excluding tert-OH is 4. The molecule has 4 N–H and O–H groups in total.